The Bertz CT molecular complexity index is 4290. The van der Waals surface area contributed by atoms with Crippen molar-refractivity contribution >= 4 is 60.9 Å². The molecular weight excluding hydrogens is 911 g/mol. The Morgan fingerprint density at radius 2 is 0.707 bits per heavy atom. The Morgan fingerprint density at radius 1 is 0.307 bits per heavy atom. The van der Waals surface area contributed by atoms with Gasteiger partial charge in [-0.05, 0) is 173 Å². The van der Waals surface area contributed by atoms with E-state index < -0.39 is 0 Å². The van der Waals surface area contributed by atoms with Gasteiger partial charge in [0.25, 0.3) is 0 Å². The maximum atomic E-state index is 6.49. The smallest absolute Gasteiger partial charge is 0.136 e. The first-order valence-corrected chi connectivity index (χ1v) is 26.7. The van der Waals surface area contributed by atoms with Crippen LogP contribution < -0.4 is 4.90 Å². The Kier molecular flexibility index (Phi) is 8.18. The molecule has 0 saturated carbocycles. The summed E-state index contributed by atoms with van der Waals surface area (Å²) in [7, 11) is 0. The predicted octanol–water partition coefficient (Wildman–Crippen LogP) is 20.1. The molecular formula is C72H57NO2. The zero-order valence-electron chi connectivity index (χ0n) is 43.7. The zero-order chi connectivity index (χ0) is 50.7. The lowest BCUT2D eigenvalue weighted by atomic mass is 9.79. The van der Waals surface area contributed by atoms with Gasteiger partial charge in [-0.25, -0.2) is 0 Å². The maximum Gasteiger partial charge on any atom is 0.136 e. The van der Waals surface area contributed by atoms with E-state index in [1.807, 2.05) is 0 Å². The fourth-order valence-corrected chi connectivity index (χ4v) is 14.7. The number of benzene rings is 10. The molecule has 12 aromatic rings. The van der Waals surface area contributed by atoms with Gasteiger partial charge >= 0.3 is 0 Å². The number of nitrogens with zero attached hydrogens (tertiary/aromatic N) is 1. The lowest BCUT2D eigenvalue weighted by molar-refractivity contribution is 0.650. The lowest BCUT2D eigenvalue weighted by Crippen LogP contribution is -2.18. The highest BCUT2D eigenvalue weighted by atomic mass is 16.3. The van der Waals surface area contributed by atoms with E-state index >= 15 is 0 Å². The molecule has 0 amide bonds. The Labute approximate surface area is 439 Å². The van der Waals surface area contributed by atoms with Crippen LogP contribution in [0.5, 0.6) is 0 Å². The average molecular weight is 969 g/mol. The van der Waals surface area contributed by atoms with Crippen LogP contribution in [0, 0.1) is 0 Å². The molecule has 75 heavy (non-hydrogen) atoms. The SMILES string of the molecule is CC1(C)c2cc(N(c3ccc4c(c3)C(C)(C)c3cc5c(cc3-4)C(C)(C)c3ccc4oc6ccccc6c4c3-5)c3ccccc3-c3ccccc3)ccc2-c2cc3c(cc21)-c1c(ccc2oc4ccccc4c12)C3(C)C.[2HH]. The topological polar surface area (TPSA) is 29.5 Å². The van der Waals surface area contributed by atoms with Gasteiger partial charge in [0.2, 0.25) is 0 Å². The van der Waals surface area contributed by atoms with E-state index in [9.17, 15) is 0 Å². The second-order valence-electron chi connectivity index (χ2n) is 24.0. The number of hydrogen-bond donors (Lipinski definition) is 0. The van der Waals surface area contributed by atoms with Crippen LogP contribution >= 0.6 is 0 Å². The Morgan fingerprint density at radius 3 is 1.21 bits per heavy atom. The normalized spacial score (nSPS) is 16.2. The van der Waals surface area contributed by atoms with Gasteiger partial charge in [0.1, 0.15) is 22.3 Å². The van der Waals surface area contributed by atoms with Gasteiger partial charge < -0.3 is 13.7 Å². The summed E-state index contributed by atoms with van der Waals surface area (Å²) in [6.45, 7) is 19.3. The molecule has 0 radical (unpaired) electrons. The van der Waals surface area contributed by atoms with Crippen LogP contribution in [0.3, 0.4) is 0 Å². The molecule has 0 atom stereocenters. The fourth-order valence-electron chi connectivity index (χ4n) is 14.7. The van der Waals surface area contributed by atoms with Crippen LogP contribution in [0.15, 0.2) is 197 Å². The molecule has 16 rings (SSSR count). The molecule has 362 valence electrons. The van der Waals surface area contributed by atoms with Gasteiger partial charge in [-0.15, -0.1) is 0 Å². The zero-order valence-corrected chi connectivity index (χ0v) is 43.7. The summed E-state index contributed by atoms with van der Waals surface area (Å²) in [5, 5.41) is 4.81. The summed E-state index contributed by atoms with van der Waals surface area (Å²) in [4.78, 5) is 2.53. The summed E-state index contributed by atoms with van der Waals surface area (Å²) >= 11 is 0. The number of anilines is 3. The lowest BCUT2D eigenvalue weighted by Gasteiger charge is -2.31. The summed E-state index contributed by atoms with van der Waals surface area (Å²) in [6, 6.07) is 70.5. The molecule has 3 nitrogen and oxygen atoms in total. The van der Waals surface area contributed by atoms with E-state index in [4.69, 9.17) is 8.83 Å². The van der Waals surface area contributed by atoms with Gasteiger partial charge in [-0.1, -0.05) is 165 Å². The van der Waals surface area contributed by atoms with E-state index in [0.717, 1.165) is 39.4 Å². The highest BCUT2D eigenvalue weighted by molar-refractivity contribution is 6.17. The largest absolute Gasteiger partial charge is 0.456 e. The molecule has 3 heteroatoms. The fraction of sp³-hybridized carbons (Fsp3) is 0.167. The van der Waals surface area contributed by atoms with Crippen molar-refractivity contribution in [2.75, 3.05) is 4.90 Å². The molecule has 2 heterocycles. The quantitative estimate of drug-likeness (QED) is 0.176. The monoisotopic (exact) mass is 968 g/mol. The predicted molar refractivity (Wildman–Crippen MR) is 313 cm³/mol. The molecule has 0 fully saturated rings. The molecule has 10 aromatic carbocycles. The molecule has 4 aliphatic rings. The standard InChI is InChI=1S/C72H55NO2.H2/c1-69(2)52-30-32-63-67(46-21-13-16-24-61(46)74-63)65(52)50-38-56-48(36-58(50)69)44-28-26-41(34-54(44)71(56,5)6)73(60-23-15-12-20-43(60)40-18-10-9-11-19-40)42-27-29-45-49-37-59-51(39-57(49)72(7,8)55(45)35-42)66-53(70(59,3)4)31-33-64-68(66)47-22-14-17-25-62(47)75-64;/h9-39H,1-8H3;1H/i;1+1. The molecule has 2 aromatic heterocycles. The molecule has 0 saturated heterocycles. The minimum atomic E-state index is -0.276. The van der Waals surface area contributed by atoms with Gasteiger partial charge in [-0.3, -0.25) is 0 Å². The van der Waals surface area contributed by atoms with Crippen molar-refractivity contribution in [2.45, 2.75) is 77.0 Å². The van der Waals surface area contributed by atoms with Crippen LogP contribution in [-0.2, 0) is 21.7 Å². The molecule has 0 bridgehead atoms. The van der Waals surface area contributed by atoms with E-state index in [-0.39, 0.29) is 23.1 Å². The number of furan rings is 2. The molecule has 0 unspecified atom stereocenters. The third-order valence-corrected chi connectivity index (χ3v) is 18.7. The van der Waals surface area contributed by atoms with Crippen LogP contribution in [0.4, 0.5) is 17.1 Å². The van der Waals surface area contributed by atoms with Crippen molar-refractivity contribution in [2.24, 2.45) is 0 Å². The van der Waals surface area contributed by atoms with Crippen molar-refractivity contribution in [1.82, 2.24) is 0 Å². The van der Waals surface area contributed by atoms with Crippen LogP contribution in [0.2, 0.25) is 0 Å². The van der Waals surface area contributed by atoms with Gasteiger partial charge in [0.05, 0.1) is 5.69 Å². The first-order valence-electron chi connectivity index (χ1n) is 26.7. The second kappa shape index (κ2) is 14.3. The van der Waals surface area contributed by atoms with Crippen LogP contribution in [0.25, 0.3) is 99.5 Å². The highest BCUT2D eigenvalue weighted by Gasteiger charge is 2.45. The number of para-hydroxylation sites is 3. The Hall–Kier alpha value is -8.40. The first kappa shape index (κ1) is 43.0. The van der Waals surface area contributed by atoms with E-state index in [0.29, 0.717) is 0 Å². The second-order valence-corrected chi connectivity index (χ2v) is 24.0. The number of fused-ring (bicyclic) bond motifs is 20. The summed E-state index contributed by atoms with van der Waals surface area (Å²) in [5.41, 5.74) is 30.2. The van der Waals surface area contributed by atoms with Crippen molar-refractivity contribution in [3.63, 3.8) is 0 Å². The van der Waals surface area contributed by atoms with Crippen molar-refractivity contribution in [1.29, 1.82) is 0 Å². The molecule has 0 spiro atoms. The minimum absolute atomic E-state index is 0. The van der Waals surface area contributed by atoms with E-state index in [1.54, 1.807) is 0 Å². The molecule has 4 aliphatic carbocycles. The van der Waals surface area contributed by atoms with Gasteiger partial charge in [-0.2, -0.15) is 0 Å². The number of hydrogen-bond acceptors (Lipinski definition) is 3. The van der Waals surface area contributed by atoms with Gasteiger partial charge in [0.15, 0.2) is 0 Å². The first-order chi connectivity index (χ1) is 36.2. The minimum Gasteiger partial charge on any atom is -0.456 e. The third kappa shape index (κ3) is 5.45. The summed E-state index contributed by atoms with van der Waals surface area (Å²) < 4.78 is 13.0. The van der Waals surface area contributed by atoms with E-state index in [2.05, 4.69) is 248 Å². The number of rotatable bonds is 4. The van der Waals surface area contributed by atoms with Gasteiger partial charge in [0, 0.05) is 61.6 Å². The summed E-state index contributed by atoms with van der Waals surface area (Å²) in [6.07, 6.45) is 0. The van der Waals surface area contributed by atoms with Crippen LogP contribution in [0.1, 0.15) is 101 Å². The highest BCUT2D eigenvalue weighted by Crippen LogP contribution is 2.61. The van der Waals surface area contributed by atoms with Crippen molar-refractivity contribution in [3.8, 4) is 55.6 Å². The molecule has 0 N–H and O–H groups in total. The van der Waals surface area contributed by atoms with Crippen molar-refractivity contribution < 1.29 is 10.3 Å². The third-order valence-electron chi connectivity index (χ3n) is 18.7. The summed E-state index contributed by atoms with van der Waals surface area (Å²) in [5.74, 6) is 0. The average Bonchev–Trinajstić information content (AvgIpc) is 4.41. The molecule has 0 aliphatic heterocycles. The van der Waals surface area contributed by atoms with Crippen LogP contribution in [-0.4, -0.2) is 0 Å². The Balaban J connectivity index is 0.00000506. The maximum absolute atomic E-state index is 6.49. The van der Waals surface area contributed by atoms with Crippen molar-refractivity contribution in [3.05, 3.63) is 233 Å². The van der Waals surface area contributed by atoms with E-state index in [1.165, 1.54) is 122 Å².